The Kier molecular flexibility index (Phi) is 4.02. The van der Waals surface area contributed by atoms with E-state index in [1.165, 1.54) is 13.0 Å². The standard InChI is InChI=1S/C14H16N4O3/c1-10(19)12-4-5-13(14(6-12)18(20)21)16(2)8-11-7-15-17(3)9-11/h4-7,9H,8H2,1-3H3. The molecule has 0 aliphatic heterocycles. The third kappa shape index (κ3) is 3.25. The summed E-state index contributed by atoms with van der Waals surface area (Å²) in [7, 11) is 3.58. The lowest BCUT2D eigenvalue weighted by atomic mass is 10.1. The third-order valence-electron chi connectivity index (χ3n) is 3.17. The Bertz CT molecular complexity index is 693. The predicted molar refractivity (Wildman–Crippen MR) is 78.4 cm³/mol. The van der Waals surface area contributed by atoms with Crippen LogP contribution in [0.15, 0.2) is 30.6 Å². The van der Waals surface area contributed by atoms with Gasteiger partial charge in [0.05, 0.1) is 11.1 Å². The number of carbonyl (C=O) groups is 1. The molecule has 2 aromatic rings. The van der Waals surface area contributed by atoms with Crippen molar-refractivity contribution in [2.75, 3.05) is 11.9 Å². The second-order valence-corrected chi connectivity index (χ2v) is 4.90. The van der Waals surface area contributed by atoms with Crippen LogP contribution >= 0.6 is 0 Å². The third-order valence-corrected chi connectivity index (χ3v) is 3.17. The summed E-state index contributed by atoms with van der Waals surface area (Å²) in [5, 5.41) is 15.3. The van der Waals surface area contributed by atoms with Crippen LogP contribution in [0.3, 0.4) is 0 Å². The van der Waals surface area contributed by atoms with Crippen molar-refractivity contribution in [3.8, 4) is 0 Å². The molecule has 7 heteroatoms. The van der Waals surface area contributed by atoms with E-state index in [2.05, 4.69) is 5.10 Å². The van der Waals surface area contributed by atoms with E-state index in [-0.39, 0.29) is 11.5 Å². The largest absolute Gasteiger partial charge is 0.365 e. The van der Waals surface area contributed by atoms with Gasteiger partial charge in [0.25, 0.3) is 5.69 Å². The van der Waals surface area contributed by atoms with E-state index in [9.17, 15) is 14.9 Å². The number of Topliss-reactive ketones (excluding diaryl/α,β-unsaturated/α-hetero) is 1. The Hall–Kier alpha value is -2.70. The van der Waals surface area contributed by atoms with Gasteiger partial charge in [-0.15, -0.1) is 0 Å². The van der Waals surface area contributed by atoms with Crippen molar-refractivity contribution in [1.82, 2.24) is 9.78 Å². The van der Waals surface area contributed by atoms with Gasteiger partial charge < -0.3 is 4.90 Å². The maximum absolute atomic E-state index is 11.3. The summed E-state index contributed by atoms with van der Waals surface area (Å²) in [5.74, 6) is -0.195. The molecule has 2 rings (SSSR count). The fourth-order valence-corrected chi connectivity index (χ4v) is 2.12. The number of hydrogen-bond acceptors (Lipinski definition) is 5. The molecule has 0 fully saturated rings. The zero-order chi connectivity index (χ0) is 15.6. The Labute approximate surface area is 121 Å². The van der Waals surface area contributed by atoms with Gasteiger partial charge in [0.2, 0.25) is 0 Å². The molecule has 0 N–H and O–H groups in total. The van der Waals surface area contributed by atoms with Crippen molar-refractivity contribution in [3.05, 3.63) is 51.8 Å². The Morgan fingerprint density at radius 1 is 1.48 bits per heavy atom. The van der Waals surface area contributed by atoms with E-state index in [1.807, 2.05) is 13.2 Å². The number of anilines is 1. The van der Waals surface area contributed by atoms with Crippen LogP contribution in [-0.4, -0.2) is 27.5 Å². The molecule has 1 heterocycles. The van der Waals surface area contributed by atoms with Crippen molar-refractivity contribution in [3.63, 3.8) is 0 Å². The van der Waals surface area contributed by atoms with Crippen molar-refractivity contribution in [1.29, 1.82) is 0 Å². The molecule has 0 spiro atoms. The molecule has 110 valence electrons. The lowest BCUT2D eigenvalue weighted by Gasteiger charge is -2.18. The number of nitrogens with zero attached hydrogens (tertiary/aromatic N) is 4. The molecule has 1 aromatic carbocycles. The maximum atomic E-state index is 11.3. The molecule has 0 bridgehead atoms. The molecule has 0 radical (unpaired) electrons. The topological polar surface area (TPSA) is 81.3 Å². The normalized spacial score (nSPS) is 10.4. The number of rotatable bonds is 5. The second-order valence-electron chi connectivity index (χ2n) is 4.90. The summed E-state index contributed by atoms with van der Waals surface area (Å²) in [6.07, 6.45) is 3.57. The highest BCUT2D eigenvalue weighted by molar-refractivity contribution is 5.95. The van der Waals surface area contributed by atoms with E-state index < -0.39 is 4.92 Å². The van der Waals surface area contributed by atoms with Gasteiger partial charge in [-0.05, 0) is 19.1 Å². The molecule has 0 aliphatic carbocycles. The van der Waals surface area contributed by atoms with E-state index in [0.29, 0.717) is 17.8 Å². The van der Waals surface area contributed by atoms with Crippen LogP contribution in [0.4, 0.5) is 11.4 Å². The van der Waals surface area contributed by atoms with Gasteiger partial charge in [0, 0.05) is 44.0 Å². The van der Waals surface area contributed by atoms with Crippen molar-refractivity contribution >= 4 is 17.2 Å². The van der Waals surface area contributed by atoms with Crippen LogP contribution in [0.1, 0.15) is 22.8 Å². The average molecular weight is 288 g/mol. The van der Waals surface area contributed by atoms with Crippen molar-refractivity contribution in [2.24, 2.45) is 7.05 Å². The lowest BCUT2D eigenvalue weighted by molar-refractivity contribution is -0.384. The number of hydrogen-bond donors (Lipinski definition) is 0. The van der Waals surface area contributed by atoms with Crippen molar-refractivity contribution < 1.29 is 9.72 Å². The summed E-state index contributed by atoms with van der Waals surface area (Å²) in [6, 6.07) is 4.52. The molecule has 0 amide bonds. The minimum atomic E-state index is -0.471. The van der Waals surface area contributed by atoms with Gasteiger partial charge in [-0.2, -0.15) is 5.10 Å². The summed E-state index contributed by atoms with van der Waals surface area (Å²) in [4.78, 5) is 23.8. The molecule has 1 aromatic heterocycles. The number of aryl methyl sites for hydroxylation is 1. The Morgan fingerprint density at radius 2 is 2.19 bits per heavy atom. The first-order valence-corrected chi connectivity index (χ1v) is 6.36. The number of ketones is 1. The number of aromatic nitrogens is 2. The first-order chi connectivity index (χ1) is 9.88. The molecule has 21 heavy (non-hydrogen) atoms. The highest BCUT2D eigenvalue weighted by Crippen LogP contribution is 2.29. The van der Waals surface area contributed by atoms with Gasteiger partial charge in [0.15, 0.2) is 5.78 Å². The van der Waals surface area contributed by atoms with Crippen LogP contribution in [0.5, 0.6) is 0 Å². The maximum Gasteiger partial charge on any atom is 0.293 e. The molecule has 0 saturated heterocycles. The average Bonchev–Trinajstić information content (AvgIpc) is 2.83. The van der Waals surface area contributed by atoms with E-state index >= 15 is 0 Å². The van der Waals surface area contributed by atoms with E-state index in [4.69, 9.17) is 0 Å². The van der Waals surface area contributed by atoms with E-state index in [0.717, 1.165) is 5.56 Å². The smallest absolute Gasteiger partial charge is 0.293 e. The summed E-state index contributed by atoms with van der Waals surface area (Å²) >= 11 is 0. The van der Waals surface area contributed by atoms with Crippen LogP contribution < -0.4 is 4.90 Å². The number of benzene rings is 1. The Balaban J connectivity index is 2.33. The van der Waals surface area contributed by atoms with Crippen molar-refractivity contribution in [2.45, 2.75) is 13.5 Å². The fourth-order valence-electron chi connectivity index (χ4n) is 2.12. The predicted octanol–water partition coefficient (Wildman–Crippen LogP) is 2.17. The van der Waals surface area contributed by atoms with Gasteiger partial charge in [-0.25, -0.2) is 0 Å². The molecule has 0 saturated carbocycles. The number of nitro groups is 1. The second kappa shape index (κ2) is 5.74. The minimum absolute atomic E-state index is 0.0749. The highest BCUT2D eigenvalue weighted by atomic mass is 16.6. The van der Waals surface area contributed by atoms with Gasteiger partial charge in [0.1, 0.15) is 5.69 Å². The molecular weight excluding hydrogens is 272 g/mol. The summed E-state index contributed by atoms with van der Waals surface area (Å²) < 4.78 is 1.68. The zero-order valence-corrected chi connectivity index (χ0v) is 12.1. The number of nitro benzene ring substituents is 1. The molecular formula is C14H16N4O3. The molecule has 7 nitrogen and oxygen atoms in total. The van der Waals surface area contributed by atoms with Crippen LogP contribution in [0.2, 0.25) is 0 Å². The zero-order valence-electron chi connectivity index (χ0n) is 12.1. The monoisotopic (exact) mass is 288 g/mol. The lowest BCUT2D eigenvalue weighted by Crippen LogP contribution is -2.17. The Morgan fingerprint density at radius 3 is 2.71 bits per heavy atom. The highest BCUT2D eigenvalue weighted by Gasteiger charge is 2.19. The van der Waals surface area contributed by atoms with Crippen LogP contribution in [0.25, 0.3) is 0 Å². The summed E-state index contributed by atoms with van der Waals surface area (Å²) in [6.45, 7) is 1.88. The van der Waals surface area contributed by atoms with Gasteiger partial charge >= 0.3 is 0 Å². The molecule has 0 atom stereocenters. The van der Waals surface area contributed by atoms with Gasteiger partial charge in [-0.3, -0.25) is 19.6 Å². The molecule has 0 unspecified atom stereocenters. The van der Waals surface area contributed by atoms with E-state index in [1.54, 1.807) is 35.0 Å². The first kappa shape index (κ1) is 14.7. The minimum Gasteiger partial charge on any atom is -0.365 e. The van der Waals surface area contributed by atoms with Crippen LogP contribution in [0, 0.1) is 10.1 Å². The first-order valence-electron chi connectivity index (χ1n) is 6.36. The van der Waals surface area contributed by atoms with Crippen LogP contribution in [-0.2, 0) is 13.6 Å². The summed E-state index contributed by atoms with van der Waals surface area (Å²) in [5.41, 5.74) is 1.67. The van der Waals surface area contributed by atoms with Gasteiger partial charge in [-0.1, -0.05) is 0 Å². The quantitative estimate of drug-likeness (QED) is 0.478. The SMILES string of the molecule is CC(=O)c1ccc(N(C)Cc2cnn(C)c2)c([N+](=O)[O-])c1. The molecule has 0 aliphatic rings. The fraction of sp³-hybridized carbons (Fsp3) is 0.286. The number of carbonyl (C=O) groups excluding carboxylic acids is 1.